The lowest BCUT2D eigenvalue weighted by molar-refractivity contribution is -0.161. The summed E-state index contributed by atoms with van der Waals surface area (Å²) in [6.45, 7) is 7.22. The number of rotatable bonds is 78. The second kappa shape index (κ2) is 71.1. The third-order valence-corrected chi connectivity index (χ3v) is 20.2. The van der Waals surface area contributed by atoms with Crippen LogP contribution in [-0.4, -0.2) is 96.7 Å². The molecule has 5 atom stereocenters. The van der Waals surface area contributed by atoms with Gasteiger partial charge in [0.15, 0.2) is 12.2 Å². The summed E-state index contributed by atoms with van der Waals surface area (Å²) in [5.41, 5.74) is 0. The molecule has 576 valence electrons. The van der Waals surface area contributed by atoms with Gasteiger partial charge in [0.2, 0.25) is 0 Å². The minimum atomic E-state index is -4.96. The van der Waals surface area contributed by atoms with Gasteiger partial charge in [0.1, 0.15) is 19.3 Å². The van der Waals surface area contributed by atoms with Crippen LogP contribution in [0.4, 0.5) is 0 Å². The molecule has 0 aromatic heterocycles. The maximum absolute atomic E-state index is 13.1. The maximum atomic E-state index is 13.1. The minimum absolute atomic E-state index is 0.105. The summed E-state index contributed by atoms with van der Waals surface area (Å²) in [5.74, 6) is -1.30. The summed E-state index contributed by atoms with van der Waals surface area (Å²) in [6.07, 6.45) is 61.8. The van der Waals surface area contributed by atoms with Gasteiger partial charge in [-0.05, 0) is 31.6 Å². The number of aliphatic hydroxyl groups excluding tert-OH is 1. The third-order valence-electron chi connectivity index (χ3n) is 18.3. The number of ether oxygens (including phenoxy) is 4. The highest BCUT2D eigenvalue weighted by Crippen LogP contribution is 2.45. The average molecular weight is 1420 g/mol. The minimum Gasteiger partial charge on any atom is -0.462 e. The van der Waals surface area contributed by atoms with Crippen molar-refractivity contribution < 1.29 is 80.2 Å². The first-order valence-electron chi connectivity index (χ1n) is 40.6. The van der Waals surface area contributed by atoms with Crippen LogP contribution in [0.2, 0.25) is 0 Å². The standard InChI is InChI=1S/C78H152O17P2/c1-6-9-12-15-17-19-20-21-22-23-24-25-26-27-32-35-38-41-45-49-54-59-64-78(83)95-74(68-89-76(81)62-57-52-47-44-40-37-34-31-29-28-30-33-36-39-43-46-51-55-60-71(4)5)70-93-97(86,87)91-66-72(79)65-90-96(84,85)92-69-73(67-88-75(80)61-56-50-14-11-8-3)94-77(82)63-58-53-48-42-18-16-13-10-7-2/h71-74,79H,6-70H2,1-5H3,(H,84,85)(H,86,87)/t72-,73+,74+/m0/s1. The number of esters is 4. The van der Waals surface area contributed by atoms with Crippen molar-refractivity contribution in [2.45, 2.75) is 432 Å². The topological polar surface area (TPSA) is 237 Å². The van der Waals surface area contributed by atoms with E-state index in [-0.39, 0.29) is 25.7 Å². The molecule has 0 heterocycles. The molecule has 0 saturated heterocycles. The molecule has 0 amide bonds. The molecule has 2 unspecified atom stereocenters. The van der Waals surface area contributed by atoms with Crippen LogP contribution < -0.4 is 0 Å². The van der Waals surface area contributed by atoms with Crippen LogP contribution in [0, 0.1) is 5.92 Å². The van der Waals surface area contributed by atoms with Crippen molar-refractivity contribution in [3.63, 3.8) is 0 Å². The van der Waals surface area contributed by atoms with Gasteiger partial charge in [-0.3, -0.25) is 37.3 Å². The summed E-state index contributed by atoms with van der Waals surface area (Å²) in [7, 11) is -9.90. The van der Waals surface area contributed by atoms with E-state index < -0.39 is 97.5 Å². The summed E-state index contributed by atoms with van der Waals surface area (Å²) in [5, 5.41) is 10.6. The first-order chi connectivity index (χ1) is 47.0. The third kappa shape index (κ3) is 72.2. The zero-order valence-corrected chi connectivity index (χ0v) is 65.0. The maximum Gasteiger partial charge on any atom is 0.472 e. The van der Waals surface area contributed by atoms with Crippen molar-refractivity contribution in [2.24, 2.45) is 5.92 Å². The molecule has 0 rings (SSSR count). The zero-order chi connectivity index (χ0) is 71.2. The average Bonchev–Trinajstić information content (AvgIpc) is 1.37. The lowest BCUT2D eigenvalue weighted by Crippen LogP contribution is -2.30. The Labute approximate surface area is 594 Å². The molecule has 0 saturated carbocycles. The molecule has 0 aliphatic rings. The van der Waals surface area contributed by atoms with Crippen LogP contribution in [0.15, 0.2) is 0 Å². The van der Waals surface area contributed by atoms with Crippen LogP contribution >= 0.6 is 15.6 Å². The van der Waals surface area contributed by atoms with Crippen LogP contribution in [-0.2, 0) is 65.4 Å². The molecule has 17 nitrogen and oxygen atoms in total. The Morgan fingerprint density at radius 3 is 0.701 bits per heavy atom. The monoisotopic (exact) mass is 1420 g/mol. The Hall–Kier alpha value is -1.94. The van der Waals surface area contributed by atoms with Crippen molar-refractivity contribution in [3.05, 3.63) is 0 Å². The predicted octanol–water partition coefficient (Wildman–Crippen LogP) is 23.3. The van der Waals surface area contributed by atoms with Gasteiger partial charge in [0.05, 0.1) is 26.4 Å². The van der Waals surface area contributed by atoms with E-state index in [0.717, 1.165) is 102 Å². The number of carbonyl (C=O) groups excluding carboxylic acids is 4. The normalized spacial score (nSPS) is 13.9. The molecule has 0 spiro atoms. The second-order valence-corrected chi connectivity index (χ2v) is 31.5. The zero-order valence-electron chi connectivity index (χ0n) is 63.2. The molecule has 0 aromatic carbocycles. The first kappa shape index (κ1) is 95.1. The van der Waals surface area contributed by atoms with E-state index in [0.29, 0.717) is 25.7 Å². The molecular formula is C78H152O17P2. The van der Waals surface area contributed by atoms with E-state index >= 15 is 0 Å². The van der Waals surface area contributed by atoms with E-state index in [4.69, 9.17) is 37.0 Å². The van der Waals surface area contributed by atoms with Crippen LogP contribution in [0.25, 0.3) is 0 Å². The molecular weight excluding hydrogens is 1270 g/mol. The molecule has 0 fully saturated rings. The molecule has 97 heavy (non-hydrogen) atoms. The smallest absolute Gasteiger partial charge is 0.462 e. The van der Waals surface area contributed by atoms with Crippen molar-refractivity contribution in [1.29, 1.82) is 0 Å². The second-order valence-electron chi connectivity index (χ2n) is 28.6. The highest BCUT2D eigenvalue weighted by Gasteiger charge is 2.30. The van der Waals surface area contributed by atoms with E-state index in [1.807, 2.05) is 0 Å². The van der Waals surface area contributed by atoms with Crippen LogP contribution in [0.5, 0.6) is 0 Å². The van der Waals surface area contributed by atoms with Gasteiger partial charge in [0, 0.05) is 25.7 Å². The van der Waals surface area contributed by atoms with E-state index in [1.165, 1.54) is 231 Å². The lowest BCUT2D eigenvalue weighted by atomic mass is 10.0. The molecule has 0 radical (unpaired) electrons. The molecule has 0 aliphatic carbocycles. The highest BCUT2D eigenvalue weighted by molar-refractivity contribution is 7.47. The van der Waals surface area contributed by atoms with E-state index in [1.54, 1.807) is 0 Å². The van der Waals surface area contributed by atoms with Gasteiger partial charge in [0.25, 0.3) is 0 Å². The van der Waals surface area contributed by atoms with Crippen molar-refractivity contribution in [2.75, 3.05) is 39.6 Å². The fourth-order valence-corrected chi connectivity index (χ4v) is 13.6. The van der Waals surface area contributed by atoms with E-state index in [9.17, 15) is 43.2 Å². The highest BCUT2D eigenvalue weighted by atomic mass is 31.2. The summed E-state index contributed by atoms with van der Waals surface area (Å²) in [6, 6.07) is 0. The number of aliphatic hydroxyl groups is 1. The first-order valence-corrected chi connectivity index (χ1v) is 43.6. The largest absolute Gasteiger partial charge is 0.472 e. The summed E-state index contributed by atoms with van der Waals surface area (Å²) >= 11 is 0. The SMILES string of the molecule is CCCCCCCCCCCCCCCCCCCCCCCCC(=O)O[C@H](COC(=O)CCCCCCCCCCCCCCCCCCCCC(C)C)COP(=O)(O)OC[C@@H](O)COP(=O)(O)OC[C@@H](COC(=O)CCCCCCC)OC(=O)CCCCCCCCCCC. The van der Waals surface area contributed by atoms with Gasteiger partial charge in [-0.15, -0.1) is 0 Å². The van der Waals surface area contributed by atoms with Crippen molar-refractivity contribution in [3.8, 4) is 0 Å². The molecule has 0 bridgehead atoms. The van der Waals surface area contributed by atoms with Gasteiger partial charge in [-0.2, -0.15) is 0 Å². The number of hydrogen-bond acceptors (Lipinski definition) is 15. The van der Waals surface area contributed by atoms with Crippen molar-refractivity contribution in [1.82, 2.24) is 0 Å². The number of carbonyl (C=O) groups is 4. The Morgan fingerprint density at radius 2 is 0.474 bits per heavy atom. The fraction of sp³-hybridized carbons (Fsp3) is 0.949. The van der Waals surface area contributed by atoms with Crippen molar-refractivity contribution >= 4 is 39.5 Å². The number of phosphoric acid groups is 2. The number of hydrogen-bond donors (Lipinski definition) is 3. The fourth-order valence-electron chi connectivity index (χ4n) is 12.1. The molecule has 0 aromatic rings. The number of unbranched alkanes of at least 4 members (excludes halogenated alkanes) is 50. The Bertz CT molecular complexity index is 1860. The summed E-state index contributed by atoms with van der Waals surface area (Å²) in [4.78, 5) is 72.4. The van der Waals surface area contributed by atoms with Gasteiger partial charge >= 0.3 is 39.5 Å². The number of phosphoric ester groups is 2. The van der Waals surface area contributed by atoms with Gasteiger partial charge in [-0.1, -0.05) is 362 Å². The summed E-state index contributed by atoms with van der Waals surface area (Å²) < 4.78 is 68.2. The van der Waals surface area contributed by atoms with Crippen LogP contribution in [0.3, 0.4) is 0 Å². The molecule has 19 heteroatoms. The van der Waals surface area contributed by atoms with Crippen LogP contribution in [0.1, 0.15) is 413 Å². The molecule has 0 aliphatic heterocycles. The van der Waals surface area contributed by atoms with Gasteiger partial charge in [-0.25, -0.2) is 9.13 Å². The molecule has 3 N–H and O–H groups in total. The Morgan fingerprint density at radius 1 is 0.278 bits per heavy atom. The quantitative estimate of drug-likeness (QED) is 0.0222. The lowest BCUT2D eigenvalue weighted by Gasteiger charge is -2.21. The van der Waals surface area contributed by atoms with Gasteiger partial charge < -0.3 is 33.8 Å². The predicted molar refractivity (Wildman–Crippen MR) is 395 cm³/mol. The van der Waals surface area contributed by atoms with E-state index in [2.05, 4.69) is 34.6 Å². The Balaban J connectivity index is 5.06. The Kier molecular flexibility index (Phi) is 69.6.